The summed E-state index contributed by atoms with van der Waals surface area (Å²) < 4.78 is 9.91. The zero-order chi connectivity index (χ0) is 34.7. The van der Waals surface area contributed by atoms with E-state index in [1.54, 1.807) is 12.2 Å². The molecule has 0 spiro atoms. The molecule has 0 aliphatic heterocycles. The van der Waals surface area contributed by atoms with Gasteiger partial charge in [0.2, 0.25) is 0 Å². The van der Waals surface area contributed by atoms with Crippen molar-refractivity contribution in [2.45, 2.75) is 12.5 Å². The minimum atomic E-state index is -0.641. The fourth-order valence-corrected chi connectivity index (χ4v) is 5.12. The van der Waals surface area contributed by atoms with Crippen LogP contribution in [-0.4, -0.2) is 53.3 Å². The van der Waals surface area contributed by atoms with E-state index in [1.165, 1.54) is 14.2 Å². The molecule has 0 bridgehead atoms. The van der Waals surface area contributed by atoms with Gasteiger partial charge in [-0.15, -0.1) is 0 Å². The standard InChI is InChI=1S/C22H21NO2.C16H17NO2.C2H7N/c1-25-21(24)17-23-22(18-11-5-2-6-12-18,19-13-7-3-8-14-19)20-15-9-4-10-16-20;1-5-12-11(3)7-8-14(13(12)6-2)15(10-18)16(9-17)19-4;1-3-2/h2-16,23H,17H2,1H3;5-10,17H,1-2H2,3-4H3;3H,1-2H3/b;16-15-,17-9?;. The van der Waals surface area contributed by atoms with Gasteiger partial charge in [0.05, 0.1) is 38.1 Å². The smallest absolute Gasteiger partial charge is 0.319 e. The highest BCUT2D eigenvalue weighted by Gasteiger charge is 2.36. The third kappa shape index (κ3) is 9.56. The first kappa shape index (κ1) is 37.8. The van der Waals surface area contributed by atoms with Crippen LogP contribution in [0.3, 0.4) is 0 Å². The maximum absolute atomic E-state index is 11.9. The molecule has 3 N–H and O–H groups in total. The van der Waals surface area contributed by atoms with E-state index in [0.717, 1.165) is 39.6 Å². The Morgan fingerprint density at radius 2 is 1.21 bits per heavy atom. The SMILES string of the molecule is C=Cc1c(C)ccc(/C(C=O)=C(/C=N)OC)c1C=C.CNC.COC(=O)CNC(c1ccccc1)(c1ccccc1)c1ccccc1. The maximum atomic E-state index is 11.9. The van der Waals surface area contributed by atoms with Gasteiger partial charge < -0.3 is 20.2 Å². The largest absolute Gasteiger partial charge is 0.494 e. The number of hydrogen-bond donors (Lipinski definition) is 3. The van der Waals surface area contributed by atoms with Gasteiger partial charge in [0.15, 0.2) is 6.29 Å². The molecule has 4 rings (SSSR count). The van der Waals surface area contributed by atoms with Crippen molar-refractivity contribution < 1.29 is 19.1 Å². The average molecular weight is 632 g/mol. The minimum absolute atomic E-state index is 0.106. The Morgan fingerprint density at radius 1 is 0.766 bits per heavy atom. The number of aldehydes is 1. The Labute approximate surface area is 279 Å². The third-order valence-corrected chi connectivity index (χ3v) is 7.28. The number of allylic oxidation sites excluding steroid dienone is 2. The van der Waals surface area contributed by atoms with Crippen molar-refractivity contribution in [3.8, 4) is 0 Å². The first-order valence-electron chi connectivity index (χ1n) is 15.0. The molecule has 0 fully saturated rings. The second-order valence-electron chi connectivity index (χ2n) is 10.2. The van der Waals surface area contributed by atoms with Crippen molar-refractivity contribution in [1.29, 1.82) is 5.41 Å². The van der Waals surface area contributed by atoms with Gasteiger partial charge >= 0.3 is 5.97 Å². The first-order valence-corrected chi connectivity index (χ1v) is 15.0. The number of aryl methyl sites for hydroxylation is 1. The van der Waals surface area contributed by atoms with Gasteiger partial charge in [-0.05, 0) is 60.0 Å². The van der Waals surface area contributed by atoms with Crippen molar-refractivity contribution in [2.75, 3.05) is 34.9 Å². The van der Waals surface area contributed by atoms with E-state index in [9.17, 15) is 9.59 Å². The lowest BCUT2D eigenvalue weighted by Crippen LogP contribution is -2.47. The second kappa shape index (κ2) is 19.9. The van der Waals surface area contributed by atoms with Gasteiger partial charge in [-0.2, -0.15) is 0 Å². The van der Waals surface area contributed by atoms with Crippen LogP contribution in [0.4, 0.5) is 0 Å². The van der Waals surface area contributed by atoms with Crippen molar-refractivity contribution in [3.63, 3.8) is 0 Å². The van der Waals surface area contributed by atoms with Crippen molar-refractivity contribution in [1.82, 2.24) is 10.6 Å². The van der Waals surface area contributed by atoms with E-state index in [2.05, 4.69) is 60.2 Å². The van der Waals surface area contributed by atoms with Crippen LogP contribution >= 0.6 is 0 Å². The molecular weight excluding hydrogens is 586 g/mol. The van der Waals surface area contributed by atoms with Gasteiger partial charge in [-0.1, -0.05) is 128 Å². The third-order valence-electron chi connectivity index (χ3n) is 7.28. The van der Waals surface area contributed by atoms with Crippen LogP contribution in [0, 0.1) is 12.3 Å². The van der Waals surface area contributed by atoms with Crippen molar-refractivity contribution in [2.24, 2.45) is 0 Å². The topological polar surface area (TPSA) is 101 Å². The first-order chi connectivity index (χ1) is 22.8. The van der Waals surface area contributed by atoms with Crippen molar-refractivity contribution >= 4 is 36.2 Å². The van der Waals surface area contributed by atoms with Gasteiger partial charge in [-0.3, -0.25) is 14.9 Å². The number of benzene rings is 4. The van der Waals surface area contributed by atoms with Crippen LogP contribution in [0.15, 0.2) is 122 Å². The summed E-state index contributed by atoms with van der Waals surface area (Å²) in [5.41, 5.74) is 6.36. The Balaban J connectivity index is 0.000000312. The van der Waals surface area contributed by atoms with Gasteiger partial charge in [0.25, 0.3) is 0 Å². The predicted molar refractivity (Wildman–Crippen MR) is 194 cm³/mol. The summed E-state index contributed by atoms with van der Waals surface area (Å²) in [5, 5.41) is 13.5. The molecule has 0 aliphatic carbocycles. The number of carbonyl (C=O) groups excluding carboxylic acids is 2. The molecule has 7 nitrogen and oxygen atoms in total. The Bertz CT molecular complexity index is 1540. The molecule has 0 heterocycles. The summed E-state index contributed by atoms with van der Waals surface area (Å²) in [6.45, 7) is 9.64. The fraction of sp³-hybridized carbons (Fsp3) is 0.175. The van der Waals surface area contributed by atoms with E-state index in [4.69, 9.17) is 14.9 Å². The lowest BCUT2D eigenvalue weighted by atomic mass is 9.77. The van der Waals surface area contributed by atoms with Crippen LogP contribution in [0.5, 0.6) is 0 Å². The van der Waals surface area contributed by atoms with E-state index in [-0.39, 0.29) is 18.3 Å². The molecule has 0 radical (unpaired) electrons. The molecule has 0 atom stereocenters. The number of carbonyl (C=O) groups is 2. The number of esters is 1. The molecule has 0 aromatic heterocycles. The van der Waals surface area contributed by atoms with Crippen LogP contribution < -0.4 is 10.6 Å². The number of ether oxygens (including phenoxy) is 2. The normalized spacial score (nSPS) is 10.8. The molecule has 0 aliphatic rings. The average Bonchev–Trinajstić information content (AvgIpc) is 3.12. The molecule has 0 saturated carbocycles. The summed E-state index contributed by atoms with van der Waals surface area (Å²) in [5.74, 6) is -0.0795. The Hall–Kier alpha value is -5.37. The van der Waals surface area contributed by atoms with Gasteiger partial charge in [0.1, 0.15) is 5.76 Å². The second-order valence-corrected chi connectivity index (χ2v) is 10.2. The van der Waals surface area contributed by atoms with Crippen LogP contribution in [0.1, 0.15) is 38.9 Å². The van der Waals surface area contributed by atoms with E-state index in [0.29, 0.717) is 17.4 Å². The zero-order valence-electron chi connectivity index (χ0n) is 27.9. The quantitative estimate of drug-likeness (QED) is 0.0387. The summed E-state index contributed by atoms with van der Waals surface area (Å²) in [7, 11) is 6.58. The number of rotatable bonds is 12. The molecule has 0 saturated heterocycles. The number of nitrogens with one attached hydrogen (secondary N) is 3. The summed E-state index contributed by atoms with van der Waals surface area (Å²) in [4.78, 5) is 23.2. The van der Waals surface area contributed by atoms with Crippen LogP contribution in [0.25, 0.3) is 17.7 Å². The monoisotopic (exact) mass is 631 g/mol. The molecule has 0 unspecified atom stereocenters. The Kier molecular flexibility index (Phi) is 16.0. The highest BCUT2D eigenvalue weighted by atomic mass is 16.5. The summed E-state index contributed by atoms with van der Waals surface area (Å²) in [6.07, 6.45) is 5.12. The van der Waals surface area contributed by atoms with E-state index >= 15 is 0 Å². The predicted octanol–water partition coefficient (Wildman–Crippen LogP) is 7.06. The van der Waals surface area contributed by atoms with Gasteiger partial charge in [0, 0.05) is 0 Å². The van der Waals surface area contributed by atoms with E-state index < -0.39 is 5.54 Å². The molecule has 7 heteroatoms. The van der Waals surface area contributed by atoms with Gasteiger partial charge in [-0.25, -0.2) is 0 Å². The molecule has 4 aromatic carbocycles. The minimum Gasteiger partial charge on any atom is -0.494 e. The summed E-state index contributed by atoms with van der Waals surface area (Å²) >= 11 is 0. The van der Waals surface area contributed by atoms with Crippen LogP contribution in [0.2, 0.25) is 0 Å². The van der Waals surface area contributed by atoms with E-state index in [1.807, 2.05) is 87.7 Å². The lowest BCUT2D eigenvalue weighted by Gasteiger charge is -2.36. The zero-order valence-corrected chi connectivity index (χ0v) is 27.9. The summed E-state index contributed by atoms with van der Waals surface area (Å²) in [6, 6.07) is 34.2. The molecule has 0 amide bonds. The highest BCUT2D eigenvalue weighted by Crippen LogP contribution is 2.36. The molecule has 47 heavy (non-hydrogen) atoms. The van der Waals surface area contributed by atoms with Crippen LogP contribution in [-0.2, 0) is 24.6 Å². The molecule has 4 aromatic rings. The number of methoxy groups -OCH3 is 2. The van der Waals surface area contributed by atoms with Crippen molar-refractivity contribution in [3.05, 3.63) is 161 Å². The lowest BCUT2D eigenvalue weighted by molar-refractivity contribution is -0.139. The highest BCUT2D eigenvalue weighted by molar-refractivity contribution is 6.14. The number of hydrogen-bond acceptors (Lipinski definition) is 7. The molecule has 244 valence electrons. The molecular formula is C40H45N3O4. The Morgan fingerprint density at radius 3 is 1.55 bits per heavy atom. The maximum Gasteiger partial charge on any atom is 0.319 e. The fourth-order valence-electron chi connectivity index (χ4n) is 5.12.